The molecule has 1 fully saturated rings. The van der Waals surface area contributed by atoms with E-state index in [2.05, 4.69) is 5.32 Å². The zero-order valence-corrected chi connectivity index (χ0v) is 10.4. The lowest BCUT2D eigenvalue weighted by Gasteiger charge is -2.26. The lowest BCUT2D eigenvalue weighted by molar-refractivity contribution is -0.126. The van der Waals surface area contributed by atoms with Crippen molar-refractivity contribution in [2.24, 2.45) is 0 Å². The van der Waals surface area contributed by atoms with Gasteiger partial charge in [-0.15, -0.1) is 0 Å². The molecule has 1 aliphatic rings. The highest BCUT2D eigenvalue weighted by molar-refractivity contribution is 6.07. The number of allylic oxidation sites excluding steroid dienone is 1. The van der Waals surface area contributed by atoms with Crippen molar-refractivity contribution in [3.8, 4) is 0 Å². The molecule has 4 nitrogen and oxygen atoms in total. The maximum absolute atomic E-state index is 13.4. The molecular formula is C14H15FN2O2. The molecule has 1 saturated heterocycles. The molecule has 0 radical (unpaired) electrons. The number of amides is 1. The molecule has 1 aliphatic heterocycles. The predicted octanol–water partition coefficient (Wildman–Crippen LogP) is 0.996. The van der Waals surface area contributed by atoms with E-state index in [0.29, 0.717) is 13.1 Å². The maximum Gasteiger partial charge on any atom is 0.246 e. The van der Waals surface area contributed by atoms with Gasteiger partial charge in [0.15, 0.2) is 5.78 Å². The van der Waals surface area contributed by atoms with Gasteiger partial charge < -0.3 is 10.2 Å². The average Bonchev–Trinajstić information content (AvgIpc) is 2.46. The van der Waals surface area contributed by atoms with Crippen molar-refractivity contribution in [3.05, 3.63) is 47.8 Å². The van der Waals surface area contributed by atoms with E-state index in [-0.39, 0.29) is 11.5 Å². The molecule has 1 aromatic carbocycles. The Morgan fingerprint density at radius 1 is 1.16 bits per heavy atom. The summed E-state index contributed by atoms with van der Waals surface area (Å²) in [6.07, 6.45) is 2.34. The second-order valence-electron chi connectivity index (χ2n) is 4.25. The van der Waals surface area contributed by atoms with Crippen LogP contribution in [0.15, 0.2) is 36.4 Å². The van der Waals surface area contributed by atoms with Crippen LogP contribution in [-0.2, 0) is 4.79 Å². The van der Waals surface area contributed by atoms with Crippen LogP contribution in [0.1, 0.15) is 10.4 Å². The molecule has 0 bridgehead atoms. The number of ketones is 1. The van der Waals surface area contributed by atoms with Crippen molar-refractivity contribution in [3.63, 3.8) is 0 Å². The summed E-state index contributed by atoms with van der Waals surface area (Å²) in [7, 11) is 0. The fourth-order valence-corrected chi connectivity index (χ4v) is 1.89. The van der Waals surface area contributed by atoms with E-state index >= 15 is 0 Å². The first kappa shape index (κ1) is 13.4. The first-order valence-electron chi connectivity index (χ1n) is 6.15. The minimum atomic E-state index is -0.577. The number of piperazine rings is 1. The highest BCUT2D eigenvalue weighted by Gasteiger charge is 2.14. The third kappa shape index (κ3) is 3.48. The molecular weight excluding hydrogens is 247 g/mol. The summed E-state index contributed by atoms with van der Waals surface area (Å²) in [6, 6.07) is 5.72. The number of carbonyl (C=O) groups excluding carboxylic acids is 2. The van der Waals surface area contributed by atoms with E-state index in [9.17, 15) is 14.0 Å². The quantitative estimate of drug-likeness (QED) is 0.653. The first-order chi connectivity index (χ1) is 9.18. The van der Waals surface area contributed by atoms with Gasteiger partial charge in [0.1, 0.15) is 5.82 Å². The molecule has 100 valence electrons. The van der Waals surface area contributed by atoms with Gasteiger partial charge >= 0.3 is 0 Å². The largest absolute Gasteiger partial charge is 0.337 e. The second-order valence-corrected chi connectivity index (χ2v) is 4.25. The van der Waals surface area contributed by atoms with Gasteiger partial charge in [-0.25, -0.2) is 4.39 Å². The second kappa shape index (κ2) is 6.24. The number of hydrogen-bond acceptors (Lipinski definition) is 3. The Morgan fingerprint density at radius 2 is 1.84 bits per heavy atom. The molecule has 1 heterocycles. The molecule has 5 heteroatoms. The highest BCUT2D eigenvalue weighted by atomic mass is 19.1. The molecule has 2 rings (SSSR count). The van der Waals surface area contributed by atoms with Crippen LogP contribution in [0, 0.1) is 5.82 Å². The molecule has 1 N–H and O–H groups in total. The van der Waals surface area contributed by atoms with Gasteiger partial charge in [-0.05, 0) is 18.2 Å². The fraction of sp³-hybridized carbons (Fsp3) is 0.286. The summed E-state index contributed by atoms with van der Waals surface area (Å²) in [5, 5.41) is 3.13. The summed E-state index contributed by atoms with van der Waals surface area (Å²) in [6.45, 7) is 2.75. The molecule has 0 unspecified atom stereocenters. The SMILES string of the molecule is O=C(/C=C/C(=O)N1CCNCC1)c1ccccc1F. The minimum absolute atomic E-state index is 0.0214. The number of halogens is 1. The van der Waals surface area contributed by atoms with E-state index in [4.69, 9.17) is 0 Å². The summed E-state index contributed by atoms with van der Waals surface area (Å²) in [5.74, 6) is -1.29. The Bertz CT molecular complexity index is 508. The minimum Gasteiger partial charge on any atom is -0.337 e. The normalized spacial score (nSPS) is 15.7. The average molecular weight is 262 g/mol. The van der Waals surface area contributed by atoms with Crippen LogP contribution < -0.4 is 5.32 Å². The number of hydrogen-bond donors (Lipinski definition) is 1. The van der Waals surface area contributed by atoms with Gasteiger partial charge in [-0.3, -0.25) is 9.59 Å². The molecule has 0 saturated carbocycles. The molecule has 0 atom stereocenters. The molecule has 0 spiro atoms. The van der Waals surface area contributed by atoms with E-state index in [1.165, 1.54) is 24.3 Å². The third-order valence-corrected chi connectivity index (χ3v) is 2.95. The van der Waals surface area contributed by atoms with Gasteiger partial charge in [0.25, 0.3) is 0 Å². The van der Waals surface area contributed by atoms with Crippen LogP contribution >= 0.6 is 0 Å². The van der Waals surface area contributed by atoms with Crippen molar-refractivity contribution in [2.45, 2.75) is 0 Å². The zero-order valence-electron chi connectivity index (χ0n) is 10.4. The third-order valence-electron chi connectivity index (χ3n) is 2.95. The van der Waals surface area contributed by atoms with Gasteiger partial charge in [-0.1, -0.05) is 12.1 Å². The predicted molar refractivity (Wildman–Crippen MR) is 69.3 cm³/mol. The van der Waals surface area contributed by atoms with Crippen molar-refractivity contribution < 1.29 is 14.0 Å². The van der Waals surface area contributed by atoms with Crippen molar-refractivity contribution in [1.29, 1.82) is 0 Å². The number of carbonyl (C=O) groups is 2. The van der Waals surface area contributed by atoms with Gasteiger partial charge in [-0.2, -0.15) is 0 Å². The summed E-state index contributed by atoms with van der Waals surface area (Å²) < 4.78 is 13.4. The summed E-state index contributed by atoms with van der Waals surface area (Å²) >= 11 is 0. The molecule has 0 aromatic heterocycles. The Labute approximate surface area is 110 Å². The first-order valence-corrected chi connectivity index (χ1v) is 6.15. The Morgan fingerprint density at radius 3 is 2.53 bits per heavy atom. The summed E-state index contributed by atoms with van der Waals surface area (Å²) in [4.78, 5) is 25.2. The maximum atomic E-state index is 13.4. The Kier molecular flexibility index (Phi) is 4.41. The smallest absolute Gasteiger partial charge is 0.246 e. The fourth-order valence-electron chi connectivity index (χ4n) is 1.89. The molecule has 1 aromatic rings. The molecule has 1 amide bonds. The number of nitrogens with one attached hydrogen (secondary N) is 1. The van der Waals surface area contributed by atoms with Crippen LogP contribution in [0.3, 0.4) is 0 Å². The van der Waals surface area contributed by atoms with Crippen molar-refractivity contribution in [1.82, 2.24) is 10.2 Å². The Hall–Kier alpha value is -2.01. The standard InChI is InChI=1S/C14H15FN2O2/c15-12-4-2-1-3-11(12)13(18)5-6-14(19)17-9-7-16-8-10-17/h1-6,16H,7-10H2/b6-5+. The van der Waals surface area contributed by atoms with E-state index in [0.717, 1.165) is 19.2 Å². The number of benzene rings is 1. The van der Waals surface area contributed by atoms with Crippen molar-refractivity contribution in [2.75, 3.05) is 26.2 Å². The monoisotopic (exact) mass is 262 g/mol. The van der Waals surface area contributed by atoms with Crippen molar-refractivity contribution >= 4 is 11.7 Å². The van der Waals surface area contributed by atoms with E-state index < -0.39 is 11.6 Å². The number of nitrogens with zero attached hydrogens (tertiary/aromatic N) is 1. The van der Waals surface area contributed by atoms with Crippen LogP contribution in [0.4, 0.5) is 4.39 Å². The van der Waals surface area contributed by atoms with Gasteiger partial charge in [0, 0.05) is 32.3 Å². The zero-order chi connectivity index (χ0) is 13.7. The lowest BCUT2D eigenvalue weighted by Crippen LogP contribution is -2.45. The number of rotatable bonds is 3. The molecule has 19 heavy (non-hydrogen) atoms. The van der Waals surface area contributed by atoms with Gasteiger partial charge in [0.2, 0.25) is 5.91 Å². The molecule has 0 aliphatic carbocycles. The van der Waals surface area contributed by atoms with Crippen LogP contribution in [0.5, 0.6) is 0 Å². The topological polar surface area (TPSA) is 49.4 Å². The summed E-state index contributed by atoms with van der Waals surface area (Å²) in [5.41, 5.74) is -0.0214. The van der Waals surface area contributed by atoms with Crippen LogP contribution in [0.25, 0.3) is 0 Å². The van der Waals surface area contributed by atoms with Gasteiger partial charge in [0.05, 0.1) is 5.56 Å². The van der Waals surface area contributed by atoms with Crippen LogP contribution in [-0.4, -0.2) is 42.8 Å². The highest BCUT2D eigenvalue weighted by Crippen LogP contribution is 2.08. The van der Waals surface area contributed by atoms with E-state index in [1.807, 2.05) is 0 Å². The lowest BCUT2D eigenvalue weighted by atomic mass is 10.1. The van der Waals surface area contributed by atoms with E-state index in [1.54, 1.807) is 11.0 Å². The Balaban J connectivity index is 2.00. The van der Waals surface area contributed by atoms with Crippen LogP contribution in [0.2, 0.25) is 0 Å².